The highest BCUT2D eigenvalue weighted by Crippen LogP contribution is 1.93. The monoisotopic (exact) mass is 146 g/mol. The molecule has 0 aliphatic rings. The fourth-order valence-corrected chi connectivity index (χ4v) is 0.207. The third-order valence-electron chi connectivity index (χ3n) is 0.394. The highest BCUT2D eigenvalue weighted by atomic mass is 16.8. The van der Waals surface area contributed by atoms with Gasteiger partial charge >= 0.3 is 0 Å². The zero-order valence-electron chi connectivity index (χ0n) is 4.66. The van der Waals surface area contributed by atoms with Crippen molar-refractivity contribution >= 4 is 12.3 Å². The van der Waals surface area contributed by atoms with Crippen molar-refractivity contribution in [2.45, 2.75) is 0 Å². The number of ether oxygens (including phenoxy) is 2. The maximum atomic E-state index is 9.50. The van der Waals surface area contributed by atoms with Crippen LogP contribution < -0.4 is 10.2 Å². The van der Waals surface area contributed by atoms with E-state index < -0.39 is 18.3 Å². The lowest BCUT2D eigenvalue weighted by Crippen LogP contribution is -2.27. The average molecular weight is 146 g/mol. The van der Waals surface area contributed by atoms with Gasteiger partial charge in [-0.05, 0) is 0 Å². The van der Waals surface area contributed by atoms with Gasteiger partial charge in [-0.15, -0.1) is 0 Å². The van der Waals surface area contributed by atoms with Crippen LogP contribution in [-0.2, 0) is 9.47 Å². The first-order chi connectivity index (χ1) is 4.52. The number of carbonyl (C=O) groups is 2. The van der Waals surface area contributed by atoms with Gasteiger partial charge in [0.15, 0.2) is 0 Å². The second-order valence-corrected chi connectivity index (χ2v) is 1.08. The molecule has 0 aromatic carbocycles. The molecule has 0 rings (SSSR count). The van der Waals surface area contributed by atoms with Crippen LogP contribution in [0.2, 0.25) is 0 Å². The summed E-state index contributed by atoms with van der Waals surface area (Å²) in [4.78, 5) is 19.0. The molecular formula is C4H2O6-2. The first-order valence-corrected chi connectivity index (χ1v) is 1.99. The molecule has 0 aliphatic carbocycles. The van der Waals surface area contributed by atoms with Crippen molar-refractivity contribution in [2.75, 3.05) is 0 Å². The Morgan fingerprint density at radius 2 is 1.40 bits per heavy atom. The van der Waals surface area contributed by atoms with Crippen molar-refractivity contribution in [3.63, 3.8) is 0 Å². The first kappa shape index (κ1) is 8.28. The quantitative estimate of drug-likeness (QED) is 0.336. The fraction of sp³-hybridized carbons (Fsp3) is 0. The van der Waals surface area contributed by atoms with Crippen LogP contribution in [0.3, 0.4) is 0 Å². The molecule has 0 spiro atoms. The van der Waals surface area contributed by atoms with Crippen molar-refractivity contribution in [1.82, 2.24) is 0 Å². The van der Waals surface area contributed by atoms with E-state index in [9.17, 15) is 19.8 Å². The third-order valence-corrected chi connectivity index (χ3v) is 0.394. The SMILES string of the molecule is C=C(OC(=O)[O-])OC(=O)[O-]. The molecule has 0 atom stereocenters. The lowest BCUT2D eigenvalue weighted by Gasteiger charge is -2.14. The summed E-state index contributed by atoms with van der Waals surface area (Å²) >= 11 is 0. The molecule has 0 saturated heterocycles. The maximum Gasteiger partial charge on any atom is 0.258 e. The Morgan fingerprint density at radius 1 is 1.10 bits per heavy atom. The predicted molar refractivity (Wildman–Crippen MR) is 22.1 cm³/mol. The second-order valence-electron chi connectivity index (χ2n) is 1.08. The minimum atomic E-state index is -1.95. The molecule has 10 heavy (non-hydrogen) atoms. The lowest BCUT2D eigenvalue weighted by atomic mass is 11.0. The molecular weight excluding hydrogens is 144 g/mol. The standard InChI is InChI=1S/C4H4O6/c1-2(9-3(5)6)10-4(7)8/h1H2,(H,5,6)(H,7,8)/p-2. The van der Waals surface area contributed by atoms with Gasteiger partial charge in [0.2, 0.25) is 0 Å². The van der Waals surface area contributed by atoms with Crippen molar-refractivity contribution in [1.29, 1.82) is 0 Å². The summed E-state index contributed by atoms with van der Waals surface area (Å²) in [7, 11) is 0. The van der Waals surface area contributed by atoms with Crippen molar-refractivity contribution in [3.8, 4) is 0 Å². The molecule has 0 N–H and O–H groups in total. The zero-order valence-corrected chi connectivity index (χ0v) is 4.66. The molecule has 0 aromatic rings. The summed E-state index contributed by atoms with van der Waals surface area (Å²) in [5.41, 5.74) is 0. The topological polar surface area (TPSA) is 98.7 Å². The smallest absolute Gasteiger partial charge is 0.258 e. The molecule has 0 amide bonds. The zero-order chi connectivity index (χ0) is 8.15. The highest BCUT2D eigenvalue weighted by Gasteiger charge is 1.88. The first-order valence-electron chi connectivity index (χ1n) is 1.99. The molecule has 0 fully saturated rings. The van der Waals surface area contributed by atoms with Crippen LogP contribution in [0.1, 0.15) is 0 Å². The molecule has 0 aromatic heterocycles. The van der Waals surface area contributed by atoms with Crippen LogP contribution >= 0.6 is 0 Å². The average Bonchev–Trinajstić information content (AvgIpc) is 1.58. The molecule has 56 valence electrons. The number of carboxylic acid groups (broad SMARTS) is 2. The Morgan fingerprint density at radius 3 is 1.60 bits per heavy atom. The normalized spacial score (nSPS) is 8.00. The van der Waals surface area contributed by atoms with E-state index in [1.54, 1.807) is 0 Å². The number of hydrogen-bond donors (Lipinski definition) is 0. The van der Waals surface area contributed by atoms with E-state index >= 15 is 0 Å². The summed E-state index contributed by atoms with van der Waals surface area (Å²) in [6, 6.07) is 0. The van der Waals surface area contributed by atoms with Crippen molar-refractivity contribution in [3.05, 3.63) is 12.5 Å². The van der Waals surface area contributed by atoms with Gasteiger partial charge in [-0.25, -0.2) is 0 Å². The van der Waals surface area contributed by atoms with Crippen LogP contribution in [0, 0.1) is 0 Å². The Kier molecular flexibility index (Phi) is 2.76. The van der Waals surface area contributed by atoms with Crippen molar-refractivity contribution in [2.24, 2.45) is 0 Å². The van der Waals surface area contributed by atoms with E-state index in [2.05, 4.69) is 16.1 Å². The minimum absolute atomic E-state index is 0.917. The molecule has 0 radical (unpaired) electrons. The van der Waals surface area contributed by atoms with Gasteiger partial charge in [0.25, 0.3) is 12.3 Å². The fourth-order valence-electron chi connectivity index (χ4n) is 0.207. The lowest BCUT2D eigenvalue weighted by molar-refractivity contribution is -0.294. The van der Waals surface area contributed by atoms with E-state index in [0.29, 0.717) is 0 Å². The Balaban J connectivity index is 3.65. The number of carbonyl (C=O) groups excluding carboxylic acids is 2. The van der Waals surface area contributed by atoms with Gasteiger partial charge in [-0.2, -0.15) is 0 Å². The third kappa shape index (κ3) is 4.44. The molecule has 6 heteroatoms. The molecule has 6 nitrogen and oxygen atoms in total. The molecule has 0 bridgehead atoms. The van der Waals surface area contributed by atoms with Crippen LogP contribution in [0.15, 0.2) is 12.5 Å². The summed E-state index contributed by atoms with van der Waals surface area (Å²) in [5, 5.41) is 19.0. The highest BCUT2D eigenvalue weighted by molar-refractivity contribution is 5.58. The van der Waals surface area contributed by atoms with Crippen LogP contribution in [0.25, 0.3) is 0 Å². The van der Waals surface area contributed by atoms with Gasteiger partial charge in [-0.1, -0.05) is 6.58 Å². The maximum absolute atomic E-state index is 9.50. The number of rotatable bonds is 2. The van der Waals surface area contributed by atoms with Crippen LogP contribution in [0.5, 0.6) is 0 Å². The van der Waals surface area contributed by atoms with Gasteiger partial charge in [0.1, 0.15) is 5.95 Å². The van der Waals surface area contributed by atoms with E-state index in [1.807, 2.05) is 0 Å². The Bertz CT molecular complexity index is 153. The van der Waals surface area contributed by atoms with E-state index in [-0.39, 0.29) is 0 Å². The second kappa shape index (κ2) is 3.33. The van der Waals surface area contributed by atoms with E-state index in [1.165, 1.54) is 0 Å². The largest absolute Gasteiger partial charge is 0.499 e. The Hall–Kier alpha value is -1.72. The molecule has 0 saturated carbocycles. The predicted octanol–water partition coefficient (Wildman–Crippen LogP) is -1.82. The van der Waals surface area contributed by atoms with Crippen LogP contribution in [0.4, 0.5) is 9.59 Å². The van der Waals surface area contributed by atoms with Gasteiger partial charge in [-0.3, -0.25) is 0 Å². The van der Waals surface area contributed by atoms with Crippen molar-refractivity contribution < 1.29 is 29.3 Å². The molecule has 0 heterocycles. The molecule has 0 unspecified atom stereocenters. The Labute approximate surface area is 55.3 Å². The molecule has 0 aliphatic heterocycles. The number of hydrogen-bond acceptors (Lipinski definition) is 6. The summed E-state index contributed by atoms with van der Waals surface area (Å²) < 4.78 is 7.06. The summed E-state index contributed by atoms with van der Waals surface area (Å²) in [6.07, 6.45) is -3.91. The van der Waals surface area contributed by atoms with E-state index in [4.69, 9.17) is 0 Å². The minimum Gasteiger partial charge on any atom is -0.499 e. The van der Waals surface area contributed by atoms with Gasteiger partial charge in [0.05, 0.1) is 0 Å². The summed E-state index contributed by atoms with van der Waals surface area (Å²) in [5.74, 6) is -0.917. The summed E-state index contributed by atoms with van der Waals surface area (Å²) in [6.45, 7) is 2.75. The van der Waals surface area contributed by atoms with Gasteiger partial charge in [0, 0.05) is 0 Å². The van der Waals surface area contributed by atoms with E-state index in [0.717, 1.165) is 0 Å². The van der Waals surface area contributed by atoms with Crippen LogP contribution in [-0.4, -0.2) is 12.3 Å². The van der Waals surface area contributed by atoms with Gasteiger partial charge < -0.3 is 29.3 Å².